The molecule has 0 aliphatic heterocycles. The molecule has 0 spiro atoms. The number of esters is 1. The summed E-state index contributed by atoms with van der Waals surface area (Å²) < 4.78 is 5.81. The third-order valence-corrected chi connectivity index (χ3v) is 8.31. The molecule has 2 heterocycles. The van der Waals surface area contributed by atoms with Crippen LogP contribution in [0.1, 0.15) is 79.3 Å². The number of hydrogen-bond donors (Lipinski definition) is 2. The summed E-state index contributed by atoms with van der Waals surface area (Å²) in [4.78, 5) is 35.9. The van der Waals surface area contributed by atoms with Crippen molar-refractivity contribution in [3.63, 3.8) is 0 Å². The summed E-state index contributed by atoms with van der Waals surface area (Å²) in [5.41, 5.74) is 8.44. The molecule has 0 saturated carbocycles. The molecular formula is C39H34N6O3. The van der Waals surface area contributed by atoms with Crippen LogP contribution in [0.2, 0.25) is 0 Å². The Morgan fingerprint density at radius 2 is 1.77 bits per heavy atom. The molecule has 0 saturated heterocycles. The molecule has 0 aliphatic carbocycles. The van der Waals surface area contributed by atoms with Gasteiger partial charge in [-0.1, -0.05) is 61.0 Å². The van der Waals surface area contributed by atoms with Crippen LogP contribution in [0.4, 0.5) is 0 Å². The molecular weight excluding hydrogens is 600 g/mol. The minimum absolute atomic E-state index is 0.131. The lowest BCUT2D eigenvalue weighted by Crippen LogP contribution is -2.23. The predicted molar refractivity (Wildman–Crippen MR) is 183 cm³/mol. The molecule has 9 heteroatoms. The smallest absolute Gasteiger partial charge is 0.339 e. The summed E-state index contributed by atoms with van der Waals surface area (Å²) >= 11 is 0. The molecule has 2 N–H and O–H groups in total. The van der Waals surface area contributed by atoms with Crippen molar-refractivity contribution in [1.82, 2.24) is 25.5 Å². The number of benzene rings is 4. The number of hydrogen-bond acceptors (Lipinski definition) is 7. The molecule has 0 fully saturated rings. The number of nitrogens with zero attached hydrogens (tertiary/aromatic N) is 4. The van der Waals surface area contributed by atoms with E-state index in [9.17, 15) is 14.9 Å². The second kappa shape index (κ2) is 14.1. The fraction of sp³-hybridized carbons (Fsp3) is 0.179. The van der Waals surface area contributed by atoms with Gasteiger partial charge in [0.25, 0.3) is 5.91 Å². The number of ether oxygens (including phenoxy) is 1. The van der Waals surface area contributed by atoms with Gasteiger partial charge >= 0.3 is 5.97 Å². The Labute approximate surface area is 278 Å². The number of rotatable bonds is 10. The third-order valence-electron chi connectivity index (χ3n) is 8.31. The SMILES string of the molecule is CCC(c1ccc(C(=O)NCc2cnc(C)cn2)cc1-c1ccc(C)cc1C(=O)OCc1ccccc1)c1n[nH]c2cc(C#N)ccc12. The van der Waals surface area contributed by atoms with Crippen LogP contribution in [0.3, 0.4) is 0 Å². The Kier molecular flexibility index (Phi) is 9.35. The summed E-state index contributed by atoms with van der Waals surface area (Å²) in [5.74, 6) is -0.942. The Balaban J connectivity index is 1.43. The van der Waals surface area contributed by atoms with Crippen molar-refractivity contribution in [2.45, 2.75) is 46.3 Å². The number of carbonyl (C=O) groups is 2. The standard InChI is InChI=1S/C39H34N6O3/c1-4-30(37-33-14-11-27(19-40)17-36(33)44-45-37)31-15-12-28(38(46)43-22-29-21-41-25(3)20-42-29)18-34(31)32-13-10-24(2)16-35(32)39(47)48-23-26-8-6-5-7-9-26/h5-18,20-21,30H,4,22-23H2,1-3H3,(H,43,46)(H,44,45). The minimum atomic E-state index is -0.460. The molecule has 48 heavy (non-hydrogen) atoms. The van der Waals surface area contributed by atoms with E-state index in [0.717, 1.165) is 44.5 Å². The third kappa shape index (κ3) is 6.83. The highest BCUT2D eigenvalue weighted by Gasteiger charge is 2.25. The maximum atomic E-state index is 13.7. The second-order valence-corrected chi connectivity index (χ2v) is 11.7. The molecule has 0 bridgehead atoms. The van der Waals surface area contributed by atoms with Gasteiger partial charge in [0.15, 0.2) is 0 Å². The first-order valence-electron chi connectivity index (χ1n) is 15.7. The Morgan fingerprint density at radius 3 is 2.52 bits per heavy atom. The zero-order chi connectivity index (χ0) is 33.6. The fourth-order valence-corrected chi connectivity index (χ4v) is 5.82. The zero-order valence-corrected chi connectivity index (χ0v) is 26.9. The Bertz CT molecular complexity index is 2150. The van der Waals surface area contributed by atoms with Gasteiger partial charge in [-0.15, -0.1) is 0 Å². The van der Waals surface area contributed by atoms with Crippen LogP contribution in [0.5, 0.6) is 0 Å². The Morgan fingerprint density at radius 1 is 0.938 bits per heavy atom. The van der Waals surface area contributed by atoms with Crippen LogP contribution < -0.4 is 5.32 Å². The number of fused-ring (bicyclic) bond motifs is 1. The van der Waals surface area contributed by atoms with Gasteiger partial charge in [0.2, 0.25) is 0 Å². The highest BCUT2D eigenvalue weighted by molar-refractivity contribution is 6.00. The van der Waals surface area contributed by atoms with E-state index in [0.29, 0.717) is 34.4 Å². The van der Waals surface area contributed by atoms with E-state index in [1.807, 2.05) is 80.6 Å². The second-order valence-electron chi connectivity index (χ2n) is 11.7. The molecule has 2 aromatic heterocycles. The number of nitriles is 1. The minimum Gasteiger partial charge on any atom is -0.457 e. The first-order chi connectivity index (χ1) is 23.3. The van der Waals surface area contributed by atoms with E-state index in [1.54, 1.807) is 30.6 Å². The van der Waals surface area contributed by atoms with Gasteiger partial charge in [-0.05, 0) is 78.9 Å². The van der Waals surface area contributed by atoms with E-state index in [2.05, 4.69) is 33.4 Å². The van der Waals surface area contributed by atoms with E-state index < -0.39 is 5.97 Å². The fourth-order valence-electron chi connectivity index (χ4n) is 5.82. The summed E-state index contributed by atoms with van der Waals surface area (Å²) in [7, 11) is 0. The molecule has 0 radical (unpaired) electrons. The van der Waals surface area contributed by atoms with Crippen molar-refractivity contribution in [3.8, 4) is 17.2 Å². The highest BCUT2D eigenvalue weighted by Crippen LogP contribution is 2.39. The maximum absolute atomic E-state index is 13.7. The molecule has 0 aliphatic rings. The normalized spacial score (nSPS) is 11.5. The van der Waals surface area contributed by atoms with Crippen LogP contribution >= 0.6 is 0 Å². The lowest BCUT2D eigenvalue weighted by atomic mass is 9.83. The van der Waals surface area contributed by atoms with E-state index in [-0.39, 0.29) is 25.0 Å². The molecule has 6 aromatic rings. The number of aryl methyl sites for hydroxylation is 2. The molecule has 238 valence electrons. The first-order valence-corrected chi connectivity index (χ1v) is 15.7. The zero-order valence-electron chi connectivity index (χ0n) is 26.9. The number of aromatic nitrogens is 4. The maximum Gasteiger partial charge on any atom is 0.339 e. The van der Waals surface area contributed by atoms with Gasteiger partial charge < -0.3 is 10.1 Å². The first kappa shape index (κ1) is 31.8. The van der Waals surface area contributed by atoms with E-state index in [4.69, 9.17) is 9.84 Å². The van der Waals surface area contributed by atoms with Gasteiger partial charge in [0.1, 0.15) is 6.61 Å². The number of H-pyrrole nitrogens is 1. The van der Waals surface area contributed by atoms with Gasteiger partial charge in [-0.25, -0.2) is 4.79 Å². The summed E-state index contributed by atoms with van der Waals surface area (Å²) in [6.07, 6.45) is 3.99. The highest BCUT2D eigenvalue weighted by atomic mass is 16.5. The molecule has 1 atom stereocenters. The number of carbonyl (C=O) groups excluding carboxylic acids is 2. The van der Waals surface area contributed by atoms with Gasteiger partial charge in [-0.2, -0.15) is 10.4 Å². The summed E-state index contributed by atoms with van der Waals surface area (Å²) in [6, 6.07) is 28.4. The predicted octanol–water partition coefficient (Wildman–Crippen LogP) is 7.34. The van der Waals surface area contributed by atoms with Crippen molar-refractivity contribution in [1.29, 1.82) is 5.26 Å². The van der Waals surface area contributed by atoms with Crippen molar-refractivity contribution in [2.24, 2.45) is 0 Å². The monoisotopic (exact) mass is 634 g/mol. The molecule has 4 aromatic carbocycles. The van der Waals surface area contributed by atoms with Crippen LogP contribution in [-0.4, -0.2) is 32.0 Å². The molecule has 6 rings (SSSR count). The van der Waals surface area contributed by atoms with Crippen LogP contribution in [-0.2, 0) is 17.9 Å². The van der Waals surface area contributed by atoms with Crippen molar-refractivity contribution < 1.29 is 14.3 Å². The quantitative estimate of drug-likeness (QED) is 0.151. The molecule has 1 unspecified atom stereocenters. The van der Waals surface area contributed by atoms with Crippen molar-refractivity contribution in [3.05, 3.63) is 148 Å². The lowest BCUT2D eigenvalue weighted by Gasteiger charge is -2.21. The topological polar surface area (TPSA) is 134 Å². The van der Waals surface area contributed by atoms with E-state index in [1.165, 1.54) is 0 Å². The van der Waals surface area contributed by atoms with E-state index >= 15 is 0 Å². The van der Waals surface area contributed by atoms with Crippen LogP contribution in [0.25, 0.3) is 22.0 Å². The van der Waals surface area contributed by atoms with Crippen molar-refractivity contribution >= 4 is 22.8 Å². The van der Waals surface area contributed by atoms with Crippen LogP contribution in [0.15, 0.2) is 97.3 Å². The number of amides is 1. The number of nitrogens with one attached hydrogen (secondary N) is 2. The average molecular weight is 635 g/mol. The molecule has 1 amide bonds. The van der Waals surface area contributed by atoms with Gasteiger partial charge in [0, 0.05) is 23.1 Å². The lowest BCUT2D eigenvalue weighted by molar-refractivity contribution is 0.0473. The Hall–Kier alpha value is -6.14. The largest absolute Gasteiger partial charge is 0.457 e. The summed E-state index contributed by atoms with van der Waals surface area (Å²) in [6.45, 7) is 6.20. The van der Waals surface area contributed by atoms with Crippen LogP contribution in [0, 0.1) is 25.2 Å². The average Bonchev–Trinajstić information content (AvgIpc) is 3.54. The summed E-state index contributed by atoms with van der Waals surface area (Å²) in [5, 5.41) is 21.1. The van der Waals surface area contributed by atoms with Gasteiger partial charge in [-0.3, -0.25) is 19.9 Å². The van der Waals surface area contributed by atoms with Gasteiger partial charge in [0.05, 0.1) is 52.5 Å². The molecule has 9 nitrogen and oxygen atoms in total. The number of aromatic amines is 1. The van der Waals surface area contributed by atoms with Crippen molar-refractivity contribution in [2.75, 3.05) is 0 Å².